The molecule has 0 amide bonds. The first kappa shape index (κ1) is 21.5. The van der Waals surface area contributed by atoms with Crippen molar-refractivity contribution in [1.82, 2.24) is 0 Å². The number of aliphatic imine (C=N–C) groups is 2. The lowest BCUT2D eigenvalue weighted by atomic mass is 10.3. The molecule has 0 radical (unpaired) electrons. The summed E-state index contributed by atoms with van der Waals surface area (Å²) in [5, 5.41) is 0. The van der Waals surface area contributed by atoms with Gasteiger partial charge >= 0.3 is 0 Å². The van der Waals surface area contributed by atoms with Crippen LogP contribution in [0.25, 0.3) is 0 Å². The molecule has 2 heterocycles. The number of rotatable bonds is 6. The van der Waals surface area contributed by atoms with Gasteiger partial charge in [0.2, 0.25) is 11.8 Å². The van der Waals surface area contributed by atoms with Crippen molar-refractivity contribution in [2.24, 2.45) is 9.98 Å². The van der Waals surface area contributed by atoms with Crippen molar-refractivity contribution in [2.45, 2.75) is 13.8 Å². The Labute approximate surface area is 199 Å². The van der Waals surface area contributed by atoms with Gasteiger partial charge < -0.3 is 19.3 Å². The first-order valence-electron chi connectivity index (χ1n) is 11.4. The maximum Gasteiger partial charge on any atom is 0.202 e. The van der Waals surface area contributed by atoms with Crippen molar-refractivity contribution in [2.75, 3.05) is 22.9 Å². The van der Waals surface area contributed by atoms with Gasteiger partial charge in [-0.25, -0.2) is 0 Å². The van der Waals surface area contributed by atoms with E-state index < -0.39 is 0 Å². The van der Waals surface area contributed by atoms with Crippen LogP contribution in [-0.4, -0.2) is 25.5 Å². The molecule has 34 heavy (non-hydrogen) atoms. The Morgan fingerprint density at radius 2 is 1.03 bits per heavy atom. The standard InChI is InChI=1S/C28H26N4O2/c1-3-31-23-9-5-7-11-25(23)33-27(31)17-19-29-21-13-15-22(16-14-21)30-20-18-28-32(4-2)24-10-6-8-12-26(24)34-28/h5-20H,3-4H2,1-2H3. The van der Waals surface area contributed by atoms with E-state index in [1.165, 1.54) is 0 Å². The molecule has 3 aromatic carbocycles. The number of hydrogen-bond acceptors (Lipinski definition) is 6. The summed E-state index contributed by atoms with van der Waals surface area (Å²) in [5.41, 5.74) is 3.85. The molecule has 2 aliphatic heterocycles. The zero-order valence-corrected chi connectivity index (χ0v) is 19.3. The molecule has 2 aliphatic rings. The minimum absolute atomic E-state index is 0.777. The van der Waals surface area contributed by atoms with E-state index in [9.17, 15) is 0 Å². The minimum Gasteiger partial charge on any atom is -0.439 e. The average molecular weight is 451 g/mol. The summed E-state index contributed by atoms with van der Waals surface area (Å²) in [4.78, 5) is 13.3. The van der Waals surface area contributed by atoms with E-state index in [-0.39, 0.29) is 0 Å². The van der Waals surface area contributed by atoms with E-state index in [1.54, 1.807) is 12.4 Å². The largest absolute Gasteiger partial charge is 0.439 e. The maximum absolute atomic E-state index is 5.95. The minimum atomic E-state index is 0.777. The summed E-state index contributed by atoms with van der Waals surface area (Å²) in [5.74, 6) is 3.29. The van der Waals surface area contributed by atoms with Crippen LogP contribution in [-0.2, 0) is 0 Å². The van der Waals surface area contributed by atoms with Gasteiger partial charge in [0, 0.05) is 37.7 Å². The van der Waals surface area contributed by atoms with Crippen molar-refractivity contribution in [3.05, 3.63) is 96.7 Å². The Morgan fingerprint density at radius 1 is 0.618 bits per heavy atom. The second kappa shape index (κ2) is 9.67. The Bertz CT molecular complexity index is 1190. The number of anilines is 2. The predicted octanol–water partition coefficient (Wildman–Crippen LogP) is 6.61. The summed E-state index contributed by atoms with van der Waals surface area (Å²) in [7, 11) is 0. The average Bonchev–Trinajstić information content (AvgIpc) is 3.42. The Morgan fingerprint density at radius 3 is 1.44 bits per heavy atom. The highest BCUT2D eigenvalue weighted by atomic mass is 16.5. The molecule has 0 saturated carbocycles. The molecular weight excluding hydrogens is 424 g/mol. The number of ether oxygens (including phenoxy) is 2. The Hall–Kier alpha value is -4.32. The van der Waals surface area contributed by atoms with Crippen LogP contribution < -0.4 is 19.3 Å². The SMILES string of the molecule is CCN1C(=CC=Nc2ccc(N=CC=C3Oc4ccccc4N3CC)cc2)Oc2ccccc21. The molecule has 0 N–H and O–H groups in total. The van der Waals surface area contributed by atoms with Gasteiger partial charge in [0.25, 0.3) is 0 Å². The number of hydrogen-bond donors (Lipinski definition) is 0. The number of benzene rings is 3. The monoisotopic (exact) mass is 450 g/mol. The van der Waals surface area contributed by atoms with E-state index in [2.05, 4.69) is 45.8 Å². The highest BCUT2D eigenvalue weighted by Gasteiger charge is 2.24. The highest BCUT2D eigenvalue weighted by Crippen LogP contribution is 2.39. The van der Waals surface area contributed by atoms with E-state index in [0.717, 1.165) is 59.1 Å². The zero-order chi connectivity index (χ0) is 23.3. The van der Waals surface area contributed by atoms with Crippen molar-refractivity contribution in [3.63, 3.8) is 0 Å². The first-order chi connectivity index (χ1) is 16.8. The van der Waals surface area contributed by atoms with Crippen LogP contribution >= 0.6 is 0 Å². The molecule has 0 saturated heterocycles. The third-order valence-electron chi connectivity index (χ3n) is 5.64. The van der Waals surface area contributed by atoms with Crippen LogP contribution in [0.1, 0.15) is 13.8 Å². The molecule has 5 rings (SSSR count). The van der Waals surface area contributed by atoms with Crippen LogP contribution in [0.5, 0.6) is 11.5 Å². The van der Waals surface area contributed by atoms with E-state index in [0.29, 0.717) is 0 Å². The predicted molar refractivity (Wildman–Crippen MR) is 139 cm³/mol. The fourth-order valence-electron chi connectivity index (χ4n) is 4.01. The van der Waals surface area contributed by atoms with Crippen LogP contribution in [0.2, 0.25) is 0 Å². The molecule has 0 aromatic heterocycles. The van der Waals surface area contributed by atoms with Crippen LogP contribution in [0, 0.1) is 0 Å². The van der Waals surface area contributed by atoms with Crippen molar-refractivity contribution < 1.29 is 9.47 Å². The topological polar surface area (TPSA) is 49.7 Å². The van der Waals surface area contributed by atoms with Gasteiger partial charge in [-0.1, -0.05) is 24.3 Å². The zero-order valence-electron chi connectivity index (χ0n) is 19.3. The molecule has 0 fully saturated rings. The summed E-state index contributed by atoms with van der Waals surface area (Å²) < 4.78 is 11.9. The molecule has 6 heteroatoms. The van der Waals surface area contributed by atoms with Crippen LogP contribution in [0.3, 0.4) is 0 Å². The maximum atomic E-state index is 5.95. The van der Waals surface area contributed by atoms with Gasteiger partial charge in [-0.15, -0.1) is 0 Å². The van der Waals surface area contributed by atoms with E-state index in [1.807, 2.05) is 72.8 Å². The van der Waals surface area contributed by atoms with Crippen molar-refractivity contribution in [1.29, 1.82) is 0 Å². The van der Waals surface area contributed by atoms with Crippen LogP contribution in [0.15, 0.2) is 107 Å². The number of nitrogens with zero attached hydrogens (tertiary/aromatic N) is 4. The molecule has 170 valence electrons. The van der Waals surface area contributed by atoms with E-state index in [4.69, 9.17) is 9.47 Å². The van der Waals surface area contributed by atoms with Gasteiger partial charge in [0.15, 0.2) is 11.5 Å². The van der Waals surface area contributed by atoms with Crippen molar-refractivity contribution in [3.8, 4) is 11.5 Å². The molecule has 0 aliphatic carbocycles. The summed E-state index contributed by atoms with van der Waals surface area (Å²) in [6.45, 7) is 5.85. The fraction of sp³-hybridized carbons (Fsp3) is 0.143. The Kier molecular flexibility index (Phi) is 6.12. The summed E-state index contributed by atoms with van der Waals surface area (Å²) in [6, 6.07) is 23.8. The molecule has 0 atom stereocenters. The summed E-state index contributed by atoms with van der Waals surface area (Å²) >= 11 is 0. The van der Waals surface area contributed by atoms with E-state index >= 15 is 0 Å². The first-order valence-corrected chi connectivity index (χ1v) is 11.4. The highest BCUT2D eigenvalue weighted by molar-refractivity contribution is 5.80. The lowest BCUT2D eigenvalue weighted by Crippen LogP contribution is -2.19. The number of allylic oxidation sites excluding steroid dienone is 2. The molecule has 0 spiro atoms. The lowest BCUT2D eigenvalue weighted by molar-refractivity contribution is 0.440. The fourth-order valence-corrected chi connectivity index (χ4v) is 4.01. The van der Waals surface area contributed by atoms with Crippen LogP contribution in [0.4, 0.5) is 22.7 Å². The summed E-state index contributed by atoms with van der Waals surface area (Å²) in [6.07, 6.45) is 7.31. The molecule has 6 nitrogen and oxygen atoms in total. The number of para-hydroxylation sites is 4. The van der Waals surface area contributed by atoms with Gasteiger partial charge in [-0.3, -0.25) is 9.98 Å². The van der Waals surface area contributed by atoms with Gasteiger partial charge in [-0.05, 0) is 62.4 Å². The van der Waals surface area contributed by atoms with Crippen molar-refractivity contribution >= 4 is 35.2 Å². The second-order valence-electron chi connectivity index (χ2n) is 7.71. The quantitative estimate of drug-likeness (QED) is 0.397. The van der Waals surface area contributed by atoms with Gasteiger partial charge in [0.1, 0.15) is 0 Å². The molecule has 0 unspecified atom stereocenters. The third kappa shape index (κ3) is 4.30. The second-order valence-corrected chi connectivity index (χ2v) is 7.71. The third-order valence-corrected chi connectivity index (χ3v) is 5.64. The smallest absolute Gasteiger partial charge is 0.202 e. The van der Waals surface area contributed by atoms with Gasteiger partial charge in [0.05, 0.1) is 22.7 Å². The Balaban J connectivity index is 1.23. The van der Waals surface area contributed by atoms with Gasteiger partial charge in [-0.2, -0.15) is 0 Å². The number of fused-ring (bicyclic) bond motifs is 2. The molecule has 3 aromatic rings. The molecular formula is C28H26N4O2. The molecule has 0 bridgehead atoms. The lowest BCUT2D eigenvalue weighted by Gasteiger charge is -2.14. The normalized spacial score (nSPS) is 17.0.